The van der Waals surface area contributed by atoms with Crippen LogP contribution in [0.3, 0.4) is 0 Å². The van der Waals surface area contributed by atoms with Crippen LogP contribution in [0.2, 0.25) is 0 Å². The average molecular weight is 347 g/mol. The van der Waals surface area contributed by atoms with E-state index in [1.165, 1.54) is 17.2 Å². The van der Waals surface area contributed by atoms with E-state index in [-0.39, 0.29) is 12.4 Å². The number of anilines is 1. The monoisotopic (exact) mass is 347 g/mol. The fourth-order valence-corrected chi connectivity index (χ4v) is 2.87. The van der Waals surface area contributed by atoms with E-state index in [2.05, 4.69) is 15.0 Å². The van der Waals surface area contributed by atoms with Crippen molar-refractivity contribution in [3.05, 3.63) is 12.7 Å². The van der Waals surface area contributed by atoms with E-state index < -0.39 is 32.5 Å². The number of hydrogen-bond acceptors (Lipinski definition) is 10. The van der Waals surface area contributed by atoms with Crippen molar-refractivity contribution in [2.45, 2.75) is 24.5 Å². The Kier molecular flexibility index (Phi) is 4.19. The van der Waals surface area contributed by atoms with Crippen LogP contribution in [0.25, 0.3) is 11.2 Å². The number of ether oxygens (including phenoxy) is 1. The summed E-state index contributed by atoms with van der Waals surface area (Å²) < 4.78 is 11.9. The first-order chi connectivity index (χ1) is 10.8. The summed E-state index contributed by atoms with van der Waals surface area (Å²) in [6, 6.07) is 0. The van der Waals surface area contributed by atoms with E-state index in [0.29, 0.717) is 11.2 Å². The molecule has 0 aromatic carbocycles. The summed E-state index contributed by atoms with van der Waals surface area (Å²) in [6.07, 6.45) is -1.82. The standard InChI is InChI=1S/C11H18N5O6P/c1-23(19,20)21-2-5-7(17)8(18)11(22-5)16-4-15-6-9(12)13-3-14-10(6)16/h3-5,7-8,11,17-20,23H,2H2,1H3,(H2,12,13,14)/t5-,7-,8-,11-/m1/s1. The van der Waals surface area contributed by atoms with Crippen LogP contribution in [0.4, 0.5) is 5.82 Å². The maximum absolute atomic E-state index is 10.2. The zero-order valence-electron chi connectivity index (χ0n) is 12.1. The van der Waals surface area contributed by atoms with E-state index in [1.807, 2.05) is 0 Å². The molecule has 3 rings (SSSR count). The van der Waals surface area contributed by atoms with Gasteiger partial charge in [-0.2, -0.15) is 0 Å². The molecule has 2 aromatic rings. The van der Waals surface area contributed by atoms with Gasteiger partial charge in [-0.1, -0.05) is 0 Å². The molecule has 1 saturated heterocycles. The molecule has 6 N–H and O–H groups in total. The van der Waals surface area contributed by atoms with Crippen LogP contribution in [-0.2, 0) is 9.26 Å². The predicted molar refractivity (Wildman–Crippen MR) is 80.3 cm³/mol. The first kappa shape index (κ1) is 16.4. The molecule has 12 heteroatoms. The summed E-state index contributed by atoms with van der Waals surface area (Å²) in [5.41, 5.74) is 6.40. The number of imidazole rings is 1. The normalized spacial score (nSPS) is 29.3. The van der Waals surface area contributed by atoms with Gasteiger partial charge in [-0.25, -0.2) is 0 Å². The summed E-state index contributed by atoms with van der Waals surface area (Å²) in [5.74, 6) is 0.184. The van der Waals surface area contributed by atoms with Gasteiger partial charge < -0.3 is 0 Å². The molecule has 0 spiro atoms. The fraction of sp³-hybridized carbons (Fsp3) is 0.545. The molecule has 1 fully saturated rings. The summed E-state index contributed by atoms with van der Waals surface area (Å²) >= 11 is 0. The van der Waals surface area contributed by atoms with E-state index in [1.54, 1.807) is 0 Å². The van der Waals surface area contributed by atoms with E-state index in [4.69, 9.17) is 15.0 Å². The van der Waals surface area contributed by atoms with Gasteiger partial charge in [-0.15, -0.1) is 0 Å². The van der Waals surface area contributed by atoms with E-state index in [0.717, 1.165) is 6.66 Å². The van der Waals surface area contributed by atoms with Crippen LogP contribution in [0.1, 0.15) is 6.23 Å². The Morgan fingerprint density at radius 1 is 1.30 bits per heavy atom. The first-order valence-electron chi connectivity index (χ1n) is 6.81. The van der Waals surface area contributed by atoms with Crippen molar-refractivity contribution < 1.29 is 29.3 Å². The van der Waals surface area contributed by atoms with Gasteiger partial charge in [0.1, 0.15) is 0 Å². The van der Waals surface area contributed by atoms with Gasteiger partial charge in [-0.05, 0) is 0 Å². The summed E-state index contributed by atoms with van der Waals surface area (Å²) in [5, 5.41) is 20.2. The van der Waals surface area contributed by atoms with Crippen molar-refractivity contribution in [3.63, 3.8) is 0 Å². The van der Waals surface area contributed by atoms with E-state index >= 15 is 0 Å². The van der Waals surface area contributed by atoms with Crippen molar-refractivity contribution in [2.24, 2.45) is 0 Å². The molecule has 2 aromatic heterocycles. The van der Waals surface area contributed by atoms with Crippen molar-refractivity contribution in [3.8, 4) is 0 Å². The Balaban J connectivity index is 1.84. The van der Waals surface area contributed by atoms with E-state index in [9.17, 15) is 20.0 Å². The molecule has 0 amide bonds. The number of nitrogen functional groups attached to an aromatic ring is 1. The molecular formula is C11H18N5O6P. The summed E-state index contributed by atoms with van der Waals surface area (Å²) in [7, 11) is -3.74. The zero-order valence-corrected chi connectivity index (χ0v) is 13.1. The molecule has 1 aliphatic heterocycles. The minimum atomic E-state index is -3.74. The Labute approximate surface area is 130 Å². The number of aliphatic hydroxyl groups excluding tert-OH is 2. The molecule has 4 atom stereocenters. The van der Waals surface area contributed by atoms with Crippen LogP contribution in [-0.4, -0.2) is 71.1 Å². The third kappa shape index (κ3) is 3.12. The topological polar surface area (TPSA) is 169 Å². The number of nitrogens with zero attached hydrogens (tertiary/aromatic N) is 4. The Bertz CT molecular complexity index is 706. The molecule has 0 radical (unpaired) electrons. The van der Waals surface area contributed by atoms with Gasteiger partial charge in [-0.3, -0.25) is 0 Å². The summed E-state index contributed by atoms with van der Waals surface area (Å²) in [4.78, 5) is 30.5. The van der Waals surface area contributed by atoms with Crippen LogP contribution >= 0.6 is 7.94 Å². The minimum absolute atomic E-state index is 0.184. The SMILES string of the molecule is C[PH](O)(O)OC[C@H]1O[C@@H](n2cnc3c(N)ncnc32)[C@H](O)[C@@H]1O. The molecule has 128 valence electrons. The third-order valence-corrected chi connectivity index (χ3v) is 4.23. The number of rotatable bonds is 4. The van der Waals surface area contributed by atoms with Crippen LogP contribution in [0.15, 0.2) is 12.7 Å². The fourth-order valence-electron chi connectivity index (χ4n) is 2.39. The quantitative estimate of drug-likeness (QED) is 0.396. The molecular weight excluding hydrogens is 329 g/mol. The average Bonchev–Trinajstić information content (AvgIpc) is 3.01. The van der Waals surface area contributed by atoms with Gasteiger partial charge in [0, 0.05) is 0 Å². The van der Waals surface area contributed by atoms with Gasteiger partial charge in [0.15, 0.2) is 0 Å². The Morgan fingerprint density at radius 3 is 2.74 bits per heavy atom. The van der Waals surface area contributed by atoms with Crippen LogP contribution in [0, 0.1) is 0 Å². The Morgan fingerprint density at radius 2 is 2.04 bits per heavy atom. The predicted octanol–water partition coefficient (Wildman–Crippen LogP) is -1.85. The second-order valence-corrected chi connectivity index (χ2v) is 7.53. The number of aromatic nitrogens is 4. The van der Waals surface area contributed by atoms with Crippen molar-refractivity contribution in [1.29, 1.82) is 0 Å². The molecule has 0 bridgehead atoms. The molecule has 11 nitrogen and oxygen atoms in total. The second-order valence-electron chi connectivity index (χ2n) is 5.37. The van der Waals surface area contributed by atoms with Gasteiger partial charge in [0.25, 0.3) is 0 Å². The molecule has 23 heavy (non-hydrogen) atoms. The number of nitrogens with two attached hydrogens (primary N) is 1. The molecule has 0 saturated carbocycles. The van der Waals surface area contributed by atoms with Crippen molar-refractivity contribution in [2.75, 3.05) is 19.0 Å². The van der Waals surface area contributed by atoms with Crippen LogP contribution < -0.4 is 5.73 Å². The van der Waals surface area contributed by atoms with Crippen molar-refractivity contribution >= 4 is 24.9 Å². The Hall–Kier alpha value is -1.46. The summed E-state index contributed by atoms with van der Waals surface area (Å²) in [6.45, 7) is 0.888. The van der Waals surface area contributed by atoms with Gasteiger partial charge in [0.05, 0.1) is 0 Å². The first-order valence-corrected chi connectivity index (χ1v) is 9.11. The maximum atomic E-state index is 10.2. The number of aliphatic hydroxyl groups is 2. The number of hydrogen-bond donors (Lipinski definition) is 5. The number of fused-ring (bicyclic) bond motifs is 1. The molecule has 0 aliphatic carbocycles. The molecule has 0 unspecified atom stereocenters. The molecule has 1 aliphatic rings. The van der Waals surface area contributed by atoms with Gasteiger partial charge in [0.2, 0.25) is 0 Å². The second kappa shape index (κ2) is 5.87. The molecule has 3 heterocycles. The van der Waals surface area contributed by atoms with Crippen LogP contribution in [0.5, 0.6) is 0 Å². The van der Waals surface area contributed by atoms with Gasteiger partial charge >= 0.3 is 130 Å². The van der Waals surface area contributed by atoms with Crippen molar-refractivity contribution in [1.82, 2.24) is 19.5 Å². The third-order valence-electron chi connectivity index (χ3n) is 3.52. The zero-order chi connectivity index (χ0) is 16.8.